The maximum atomic E-state index is 13.1. The van der Waals surface area contributed by atoms with Gasteiger partial charge >= 0.3 is 5.97 Å². The van der Waals surface area contributed by atoms with E-state index in [4.69, 9.17) is 4.74 Å². The van der Waals surface area contributed by atoms with Gasteiger partial charge in [0.1, 0.15) is 5.82 Å². The number of methoxy groups -OCH3 is 1. The maximum Gasteiger partial charge on any atom is 0.319 e. The molecule has 2 aliphatic heterocycles. The van der Waals surface area contributed by atoms with Crippen molar-refractivity contribution in [3.8, 4) is 0 Å². The molecular formula is C20H25N5O3. The minimum atomic E-state index is -0.306. The molecule has 4 heterocycles. The molecule has 1 saturated heterocycles. The second kappa shape index (κ2) is 7.71. The van der Waals surface area contributed by atoms with Crippen LogP contribution in [0.3, 0.4) is 0 Å². The number of aromatic nitrogens is 3. The van der Waals surface area contributed by atoms with Gasteiger partial charge in [-0.2, -0.15) is 0 Å². The molecule has 0 saturated carbocycles. The van der Waals surface area contributed by atoms with Crippen molar-refractivity contribution in [3.63, 3.8) is 0 Å². The van der Waals surface area contributed by atoms with E-state index in [0.29, 0.717) is 23.9 Å². The number of fused-ring (bicyclic) bond motifs is 4. The lowest BCUT2D eigenvalue weighted by atomic mass is 9.83. The topological polar surface area (TPSA) is 80.6 Å². The van der Waals surface area contributed by atoms with Crippen LogP contribution in [-0.2, 0) is 22.6 Å². The van der Waals surface area contributed by atoms with Crippen molar-refractivity contribution in [1.82, 2.24) is 19.4 Å². The van der Waals surface area contributed by atoms with Gasteiger partial charge in [-0.25, -0.2) is 4.98 Å². The summed E-state index contributed by atoms with van der Waals surface area (Å²) in [5, 5.41) is 0. The van der Waals surface area contributed by atoms with Crippen molar-refractivity contribution in [2.24, 2.45) is 5.92 Å². The largest absolute Gasteiger partial charge is 0.468 e. The number of carbonyl (C=O) groups excluding carboxylic acids is 1. The highest BCUT2D eigenvalue weighted by Crippen LogP contribution is 2.36. The second-order valence-corrected chi connectivity index (χ2v) is 7.71. The van der Waals surface area contributed by atoms with Gasteiger partial charge in [0.05, 0.1) is 19.9 Å². The highest BCUT2D eigenvalue weighted by molar-refractivity contribution is 5.71. The van der Waals surface area contributed by atoms with Crippen LogP contribution in [-0.4, -0.2) is 59.2 Å². The Balaban J connectivity index is 1.55. The summed E-state index contributed by atoms with van der Waals surface area (Å²) in [5.74, 6) is 1.31. The first kappa shape index (κ1) is 18.6. The third-order valence-electron chi connectivity index (χ3n) is 5.62. The molecule has 0 spiro atoms. The van der Waals surface area contributed by atoms with Crippen molar-refractivity contribution in [2.45, 2.75) is 25.4 Å². The minimum absolute atomic E-state index is 0.0527. The number of ether oxygens (including phenoxy) is 1. The Morgan fingerprint density at radius 3 is 2.89 bits per heavy atom. The molecule has 8 nitrogen and oxygen atoms in total. The lowest BCUT2D eigenvalue weighted by Gasteiger charge is -2.43. The van der Waals surface area contributed by atoms with Crippen molar-refractivity contribution >= 4 is 11.8 Å². The number of carbonyl (C=O) groups is 1. The predicted molar refractivity (Wildman–Crippen MR) is 104 cm³/mol. The van der Waals surface area contributed by atoms with Crippen LogP contribution >= 0.6 is 0 Å². The first-order chi connectivity index (χ1) is 13.5. The molecule has 2 aromatic heterocycles. The van der Waals surface area contributed by atoms with Gasteiger partial charge < -0.3 is 14.2 Å². The fraction of sp³-hybridized carbons (Fsp3) is 0.500. The molecule has 0 aromatic carbocycles. The molecule has 28 heavy (non-hydrogen) atoms. The van der Waals surface area contributed by atoms with Crippen molar-refractivity contribution in [3.05, 3.63) is 52.3 Å². The van der Waals surface area contributed by atoms with Crippen LogP contribution in [0.5, 0.6) is 0 Å². The SMILES string of the molecule is COC(=O)CN(C)Cc1ccc2n(c1=O)C[C@H]1C[C@@H]2CN(c2cnccn2)C1. The quantitative estimate of drug-likeness (QED) is 0.709. The van der Waals surface area contributed by atoms with E-state index in [2.05, 4.69) is 20.9 Å². The normalized spacial score (nSPS) is 20.8. The summed E-state index contributed by atoms with van der Waals surface area (Å²) in [6, 6.07) is 3.98. The van der Waals surface area contributed by atoms with Gasteiger partial charge in [-0.05, 0) is 25.5 Å². The van der Waals surface area contributed by atoms with Gasteiger partial charge in [0.25, 0.3) is 5.56 Å². The van der Waals surface area contributed by atoms with E-state index in [0.717, 1.165) is 37.6 Å². The molecule has 1 fully saturated rings. The Hall–Kier alpha value is -2.74. The number of nitrogens with zero attached hydrogens (tertiary/aromatic N) is 5. The zero-order valence-electron chi connectivity index (χ0n) is 16.2. The number of anilines is 1. The van der Waals surface area contributed by atoms with Gasteiger partial charge in [-0.15, -0.1) is 0 Å². The number of hydrogen-bond donors (Lipinski definition) is 0. The first-order valence-electron chi connectivity index (χ1n) is 9.54. The summed E-state index contributed by atoms with van der Waals surface area (Å²) < 4.78 is 6.64. The Labute approximate surface area is 163 Å². The van der Waals surface area contributed by atoms with E-state index in [1.54, 1.807) is 23.5 Å². The Kier molecular flexibility index (Phi) is 5.13. The summed E-state index contributed by atoms with van der Waals surface area (Å²) in [5.41, 5.74) is 1.85. The van der Waals surface area contributed by atoms with Gasteiger partial charge in [0.15, 0.2) is 0 Å². The first-order valence-corrected chi connectivity index (χ1v) is 9.54. The third kappa shape index (κ3) is 3.64. The lowest BCUT2D eigenvalue weighted by molar-refractivity contribution is -0.141. The summed E-state index contributed by atoms with van der Waals surface area (Å²) in [6.45, 7) is 3.03. The van der Waals surface area contributed by atoms with E-state index >= 15 is 0 Å². The third-order valence-corrected chi connectivity index (χ3v) is 5.62. The van der Waals surface area contributed by atoms with Gasteiger partial charge in [-0.3, -0.25) is 19.5 Å². The maximum absolute atomic E-state index is 13.1. The fourth-order valence-corrected chi connectivity index (χ4v) is 4.38. The van der Waals surface area contributed by atoms with Gasteiger partial charge in [-0.1, -0.05) is 6.07 Å². The number of rotatable bonds is 5. The summed E-state index contributed by atoms with van der Waals surface area (Å²) >= 11 is 0. The van der Waals surface area contributed by atoms with Crippen LogP contribution in [0.2, 0.25) is 0 Å². The molecular weight excluding hydrogens is 358 g/mol. The Morgan fingerprint density at radius 2 is 2.14 bits per heavy atom. The molecule has 148 valence electrons. The molecule has 0 radical (unpaired) electrons. The van der Waals surface area contributed by atoms with Crippen molar-refractivity contribution in [2.75, 3.05) is 38.7 Å². The average molecular weight is 383 g/mol. The molecule has 2 aliphatic rings. The van der Waals surface area contributed by atoms with E-state index in [9.17, 15) is 9.59 Å². The highest BCUT2D eigenvalue weighted by atomic mass is 16.5. The molecule has 2 aromatic rings. The van der Waals surface area contributed by atoms with Crippen LogP contribution in [0.15, 0.2) is 35.5 Å². The summed E-state index contributed by atoms with van der Waals surface area (Å²) in [6.07, 6.45) is 6.29. The minimum Gasteiger partial charge on any atom is -0.468 e. The van der Waals surface area contributed by atoms with Crippen LogP contribution < -0.4 is 10.5 Å². The Morgan fingerprint density at radius 1 is 1.29 bits per heavy atom. The zero-order chi connectivity index (χ0) is 19.7. The molecule has 0 N–H and O–H groups in total. The number of esters is 1. The van der Waals surface area contributed by atoms with Crippen LogP contribution in [0, 0.1) is 5.92 Å². The van der Waals surface area contributed by atoms with Crippen molar-refractivity contribution in [1.29, 1.82) is 0 Å². The fourth-order valence-electron chi connectivity index (χ4n) is 4.38. The highest BCUT2D eigenvalue weighted by Gasteiger charge is 2.35. The number of likely N-dealkylation sites (N-methyl/N-ethyl adjacent to an activating group) is 1. The molecule has 8 heteroatoms. The number of hydrogen-bond acceptors (Lipinski definition) is 7. The smallest absolute Gasteiger partial charge is 0.319 e. The number of pyridine rings is 1. The monoisotopic (exact) mass is 383 g/mol. The van der Waals surface area contributed by atoms with E-state index in [1.165, 1.54) is 7.11 Å². The molecule has 0 amide bonds. The molecule has 0 unspecified atom stereocenters. The van der Waals surface area contributed by atoms with Gasteiger partial charge in [0.2, 0.25) is 0 Å². The van der Waals surface area contributed by atoms with E-state index in [1.807, 2.05) is 17.7 Å². The van der Waals surface area contributed by atoms with Crippen molar-refractivity contribution < 1.29 is 9.53 Å². The molecule has 4 rings (SSSR count). The summed E-state index contributed by atoms with van der Waals surface area (Å²) in [7, 11) is 3.18. The zero-order valence-corrected chi connectivity index (χ0v) is 16.2. The van der Waals surface area contributed by atoms with E-state index < -0.39 is 0 Å². The van der Waals surface area contributed by atoms with Gasteiger partial charge in [0, 0.05) is 55.7 Å². The molecule has 2 bridgehead atoms. The molecule has 2 atom stereocenters. The second-order valence-electron chi connectivity index (χ2n) is 7.71. The number of piperidine rings is 1. The Bertz CT molecular complexity index is 914. The predicted octanol–water partition coefficient (Wildman–Crippen LogP) is 0.867. The lowest BCUT2D eigenvalue weighted by Crippen LogP contribution is -2.48. The summed E-state index contributed by atoms with van der Waals surface area (Å²) in [4.78, 5) is 37.2. The van der Waals surface area contributed by atoms with Crippen LogP contribution in [0.4, 0.5) is 5.82 Å². The van der Waals surface area contributed by atoms with Crippen LogP contribution in [0.25, 0.3) is 0 Å². The average Bonchev–Trinajstić information content (AvgIpc) is 2.71. The van der Waals surface area contributed by atoms with Crippen LogP contribution in [0.1, 0.15) is 23.6 Å². The van der Waals surface area contributed by atoms with E-state index in [-0.39, 0.29) is 18.1 Å². The standard InChI is InChI=1S/C20H25N5O3/c1-23(13-19(26)28-2)11-15-3-4-17-16-7-14(10-25(17)20(15)27)9-24(12-16)18-8-21-5-6-22-18/h3-6,8,14,16H,7,9-13H2,1-2H3/t14-,16+/m0/s1. The molecule has 0 aliphatic carbocycles.